The molecule has 1 fully saturated rings. The maximum Gasteiger partial charge on any atom is 0.313 e. The predicted octanol–water partition coefficient (Wildman–Crippen LogP) is 3.91. The normalized spacial score (nSPS) is 22.3. The number of allylic oxidation sites excluding steroid dienone is 1. The van der Waals surface area contributed by atoms with Crippen LogP contribution < -0.4 is 5.73 Å². The van der Waals surface area contributed by atoms with Gasteiger partial charge in [-0.3, -0.25) is 19.7 Å². The second-order valence-corrected chi connectivity index (χ2v) is 9.72. The molecule has 0 saturated carbocycles. The first-order valence-electron chi connectivity index (χ1n) is 11.1. The fourth-order valence-electron chi connectivity index (χ4n) is 4.56. The lowest BCUT2D eigenvalue weighted by atomic mass is 9.73. The van der Waals surface area contributed by atoms with Crippen molar-refractivity contribution >= 4 is 29.2 Å². The van der Waals surface area contributed by atoms with E-state index >= 15 is 0 Å². The molecule has 0 aromatic carbocycles. The number of rotatable bonds is 9. The summed E-state index contributed by atoms with van der Waals surface area (Å²) in [5, 5.41) is 0.783. The lowest BCUT2D eigenvalue weighted by Gasteiger charge is -2.43. The van der Waals surface area contributed by atoms with Gasteiger partial charge in [-0.1, -0.05) is 26.3 Å². The first-order valence-corrected chi connectivity index (χ1v) is 11.9. The molecule has 2 atom stereocenters. The molecule has 1 saturated heterocycles. The quantitative estimate of drug-likeness (QED) is 0.455. The van der Waals surface area contributed by atoms with E-state index in [0.717, 1.165) is 54.3 Å². The third kappa shape index (κ3) is 6.23. The number of carbonyl (C=O) groups is 1. The van der Waals surface area contributed by atoms with Crippen LogP contribution in [0.5, 0.6) is 0 Å². The molecule has 7 nitrogen and oxygen atoms in total. The second-order valence-electron chi connectivity index (χ2n) is 8.61. The van der Waals surface area contributed by atoms with Crippen LogP contribution in [-0.2, 0) is 22.6 Å². The van der Waals surface area contributed by atoms with Gasteiger partial charge in [-0.05, 0) is 36.5 Å². The Morgan fingerprint density at radius 2 is 2.31 bits per heavy atom. The van der Waals surface area contributed by atoms with Crippen molar-refractivity contribution in [3.05, 3.63) is 52.2 Å². The fourth-order valence-corrected chi connectivity index (χ4v) is 5.46. The largest absolute Gasteiger partial charge is 0.469 e. The Kier molecular flexibility index (Phi) is 8.53. The third-order valence-electron chi connectivity index (χ3n) is 5.72. The number of ether oxygens (including phenoxy) is 1. The number of aromatic nitrogens is 2. The molecular formula is C24H33N5O2S. The molecule has 2 N–H and O–H groups in total. The molecule has 1 unspecified atom stereocenters. The van der Waals surface area contributed by atoms with Crippen LogP contribution in [0, 0.1) is 11.3 Å². The number of hydrogen-bond donors (Lipinski definition) is 1. The van der Waals surface area contributed by atoms with Crippen molar-refractivity contribution in [3.8, 4) is 0 Å². The van der Waals surface area contributed by atoms with Crippen molar-refractivity contribution in [2.75, 3.05) is 20.2 Å². The highest BCUT2D eigenvalue weighted by Gasteiger charge is 2.44. The van der Waals surface area contributed by atoms with Gasteiger partial charge < -0.3 is 10.5 Å². The number of carbonyl (C=O) groups excluding carboxylic acids is 1. The predicted molar refractivity (Wildman–Crippen MR) is 129 cm³/mol. The van der Waals surface area contributed by atoms with Gasteiger partial charge in [0, 0.05) is 49.3 Å². The van der Waals surface area contributed by atoms with E-state index in [1.165, 1.54) is 7.11 Å². The van der Waals surface area contributed by atoms with E-state index in [-0.39, 0.29) is 5.97 Å². The van der Waals surface area contributed by atoms with Crippen molar-refractivity contribution in [1.82, 2.24) is 14.9 Å². The highest BCUT2D eigenvalue weighted by atomic mass is 32.1. The summed E-state index contributed by atoms with van der Waals surface area (Å²) < 4.78 is 5.19. The summed E-state index contributed by atoms with van der Waals surface area (Å²) in [4.78, 5) is 29.1. The lowest BCUT2D eigenvalue weighted by molar-refractivity contribution is -0.158. The Morgan fingerprint density at radius 3 is 3.03 bits per heavy atom. The van der Waals surface area contributed by atoms with E-state index in [1.54, 1.807) is 36.0 Å². The molecule has 3 rings (SSSR count). The molecule has 2 aromatic heterocycles. The van der Waals surface area contributed by atoms with Gasteiger partial charge in [0.2, 0.25) is 0 Å². The minimum Gasteiger partial charge on any atom is -0.469 e. The number of esters is 1. The Balaban J connectivity index is 1.62. The number of hydrogen-bond acceptors (Lipinski definition) is 8. The molecule has 2 aromatic rings. The summed E-state index contributed by atoms with van der Waals surface area (Å²) in [6.45, 7) is 7.34. The average molecular weight is 456 g/mol. The molecule has 8 heteroatoms. The topological polar surface area (TPSA) is 93.7 Å². The van der Waals surface area contributed by atoms with Crippen LogP contribution in [0.15, 0.2) is 41.8 Å². The Bertz CT molecular complexity index is 943. The van der Waals surface area contributed by atoms with E-state index in [9.17, 15) is 4.79 Å². The Morgan fingerprint density at radius 1 is 1.47 bits per heavy atom. The van der Waals surface area contributed by atoms with E-state index in [1.807, 2.05) is 18.3 Å². The van der Waals surface area contributed by atoms with Gasteiger partial charge >= 0.3 is 5.97 Å². The molecule has 0 aliphatic carbocycles. The fraction of sp³-hybridized carbons (Fsp3) is 0.500. The van der Waals surface area contributed by atoms with E-state index < -0.39 is 5.41 Å². The highest BCUT2D eigenvalue weighted by Crippen LogP contribution is 2.39. The van der Waals surface area contributed by atoms with Gasteiger partial charge in [0.05, 0.1) is 24.8 Å². The van der Waals surface area contributed by atoms with Crippen molar-refractivity contribution < 1.29 is 9.53 Å². The molecule has 172 valence electrons. The van der Waals surface area contributed by atoms with Crippen LogP contribution in [0.1, 0.15) is 48.6 Å². The van der Waals surface area contributed by atoms with Gasteiger partial charge in [0.25, 0.3) is 0 Å². The van der Waals surface area contributed by atoms with Crippen molar-refractivity contribution in [3.63, 3.8) is 0 Å². The zero-order chi connectivity index (χ0) is 23.0. The first-order chi connectivity index (χ1) is 15.5. The van der Waals surface area contributed by atoms with Crippen LogP contribution in [0.2, 0.25) is 0 Å². The summed E-state index contributed by atoms with van der Waals surface area (Å²) in [6, 6.07) is 3.88. The van der Waals surface area contributed by atoms with Gasteiger partial charge in [-0.15, -0.1) is 11.3 Å². The zero-order valence-electron chi connectivity index (χ0n) is 19.2. The smallest absolute Gasteiger partial charge is 0.313 e. The molecule has 3 heterocycles. The lowest BCUT2D eigenvalue weighted by Crippen LogP contribution is -2.50. The average Bonchev–Trinajstić information content (AvgIpc) is 3.25. The molecule has 1 aliphatic heterocycles. The number of pyridine rings is 1. The van der Waals surface area contributed by atoms with Crippen molar-refractivity contribution in [2.45, 2.75) is 46.2 Å². The summed E-state index contributed by atoms with van der Waals surface area (Å²) >= 11 is 1.58. The molecule has 1 aliphatic rings. The minimum atomic E-state index is -0.418. The standard InChI is InChI=1S/C24H33N5O2S/c1-4-8-24(23(30)31-3)11-18(2)15-29(17-24)16-20-14-28-22(32-20)21(25)7-10-27-13-19-6-5-9-26-12-19/h5-7,9-10,12,14,18H,4,8,11,13,15-17,25H2,1-3H3/b21-7-,27-10?/t18?,24-/m1/s1. The number of likely N-dealkylation sites (tertiary alicyclic amines) is 1. The SMILES string of the molecule is CCC[C@@]1(C(=O)OC)CC(C)CN(Cc2cnc(/C(N)=C/C=NCc3cccnc3)s2)C1. The maximum atomic E-state index is 12.6. The molecule has 0 bridgehead atoms. The Hall–Kier alpha value is -2.58. The summed E-state index contributed by atoms with van der Waals surface area (Å²) in [5.41, 5.74) is 7.44. The van der Waals surface area contributed by atoms with Crippen LogP contribution in [0.3, 0.4) is 0 Å². The zero-order valence-corrected chi connectivity index (χ0v) is 20.0. The van der Waals surface area contributed by atoms with Crippen molar-refractivity contribution in [1.29, 1.82) is 0 Å². The van der Waals surface area contributed by atoms with Crippen LogP contribution >= 0.6 is 11.3 Å². The summed E-state index contributed by atoms with van der Waals surface area (Å²) in [7, 11) is 1.49. The van der Waals surface area contributed by atoms with Crippen LogP contribution in [0.4, 0.5) is 0 Å². The monoisotopic (exact) mass is 455 g/mol. The minimum absolute atomic E-state index is 0.0846. The van der Waals surface area contributed by atoms with Gasteiger partial charge in [-0.25, -0.2) is 4.98 Å². The molecule has 0 spiro atoms. The van der Waals surface area contributed by atoms with E-state index in [2.05, 4.69) is 33.7 Å². The van der Waals surface area contributed by atoms with Gasteiger partial charge in [-0.2, -0.15) is 0 Å². The summed E-state index contributed by atoms with van der Waals surface area (Å²) in [5.74, 6) is 0.349. The van der Waals surface area contributed by atoms with E-state index in [4.69, 9.17) is 10.5 Å². The molecular weight excluding hydrogens is 422 g/mol. The maximum absolute atomic E-state index is 12.6. The summed E-state index contributed by atoms with van der Waals surface area (Å²) in [6.07, 6.45) is 11.6. The first kappa shape index (κ1) is 24.1. The number of nitrogens with zero attached hydrogens (tertiary/aromatic N) is 4. The second kappa shape index (κ2) is 11.3. The third-order valence-corrected chi connectivity index (χ3v) is 6.75. The molecule has 0 amide bonds. The van der Waals surface area contributed by atoms with E-state index in [0.29, 0.717) is 18.2 Å². The van der Waals surface area contributed by atoms with Gasteiger partial charge in [0.1, 0.15) is 5.01 Å². The number of aliphatic imine (C=N–C) groups is 1. The number of methoxy groups -OCH3 is 1. The van der Waals surface area contributed by atoms with Gasteiger partial charge in [0.15, 0.2) is 0 Å². The van der Waals surface area contributed by atoms with Crippen LogP contribution in [-0.4, -0.2) is 47.3 Å². The Labute approximate surface area is 194 Å². The number of thiazole rings is 1. The number of nitrogens with two attached hydrogens (primary N) is 1. The number of piperidine rings is 1. The molecule has 32 heavy (non-hydrogen) atoms. The van der Waals surface area contributed by atoms with Crippen molar-refractivity contribution in [2.24, 2.45) is 22.1 Å². The highest BCUT2D eigenvalue weighted by molar-refractivity contribution is 7.12. The van der Waals surface area contributed by atoms with Crippen LogP contribution in [0.25, 0.3) is 5.70 Å². The molecule has 0 radical (unpaired) electrons.